The monoisotopic (exact) mass is 480 g/mol. The first-order valence-corrected chi connectivity index (χ1v) is 11.0. The van der Waals surface area contributed by atoms with Gasteiger partial charge in [0, 0.05) is 33.2 Å². The molecule has 0 radical (unpaired) electrons. The van der Waals surface area contributed by atoms with Gasteiger partial charge in [0.1, 0.15) is 5.52 Å². The number of hydrogen-bond donors (Lipinski definition) is 2. The number of benzene rings is 3. The maximum atomic E-state index is 5.98. The van der Waals surface area contributed by atoms with Gasteiger partial charge in [0.25, 0.3) is 5.22 Å². The molecule has 32 heavy (non-hydrogen) atoms. The number of hydrogen-bond acceptors (Lipinski definition) is 8. The molecule has 0 aliphatic heterocycles. The molecule has 3 aromatic carbocycles. The van der Waals surface area contributed by atoms with Gasteiger partial charge in [-0.15, -0.1) is 0 Å². The number of nitrogens with one attached hydrogen (secondary N) is 2. The minimum absolute atomic E-state index is 0.359. The van der Waals surface area contributed by atoms with Crippen LogP contribution in [0, 0.1) is 0 Å². The van der Waals surface area contributed by atoms with Crippen LogP contribution in [0.2, 0.25) is 10.0 Å². The van der Waals surface area contributed by atoms with Gasteiger partial charge in [-0.3, -0.25) is 0 Å². The second kappa shape index (κ2) is 9.04. The molecule has 7 nitrogen and oxygen atoms in total. The fourth-order valence-electron chi connectivity index (χ4n) is 2.81. The number of anilines is 4. The fraction of sp³-hybridized carbons (Fsp3) is 0. The van der Waals surface area contributed by atoms with E-state index in [1.54, 1.807) is 24.3 Å². The summed E-state index contributed by atoms with van der Waals surface area (Å²) >= 11 is 13.2. The molecule has 0 atom stereocenters. The maximum absolute atomic E-state index is 5.98. The number of oxazole rings is 1. The molecule has 0 saturated carbocycles. The molecular formula is C22H14Cl2N6OS. The van der Waals surface area contributed by atoms with Crippen molar-refractivity contribution in [3.05, 3.63) is 82.8 Å². The zero-order valence-electron chi connectivity index (χ0n) is 16.3. The van der Waals surface area contributed by atoms with Crippen molar-refractivity contribution in [3.8, 4) is 0 Å². The predicted octanol–water partition coefficient (Wildman–Crippen LogP) is 6.96. The number of fused-ring (bicyclic) bond motifs is 1. The molecule has 10 heteroatoms. The van der Waals surface area contributed by atoms with Crippen LogP contribution in [0.25, 0.3) is 11.1 Å². The van der Waals surface area contributed by atoms with E-state index in [-0.39, 0.29) is 0 Å². The number of nitrogens with zero attached hydrogens (tertiary/aromatic N) is 4. The largest absolute Gasteiger partial charge is 0.431 e. The molecule has 0 bridgehead atoms. The SMILES string of the molecule is Clc1ccc(Nc2nc(Nc3ccc(Cl)cc3)nc(Sc3nc4ccccc4o3)n2)cc1. The van der Waals surface area contributed by atoms with Crippen molar-refractivity contribution in [3.63, 3.8) is 0 Å². The number of aromatic nitrogens is 4. The summed E-state index contributed by atoms with van der Waals surface area (Å²) in [4.78, 5) is 18.0. The van der Waals surface area contributed by atoms with Crippen LogP contribution < -0.4 is 10.6 Å². The molecule has 2 heterocycles. The van der Waals surface area contributed by atoms with Crippen LogP contribution in [0.5, 0.6) is 0 Å². The molecular weight excluding hydrogens is 467 g/mol. The van der Waals surface area contributed by atoms with E-state index in [0.29, 0.717) is 37.9 Å². The van der Waals surface area contributed by atoms with E-state index in [9.17, 15) is 0 Å². The van der Waals surface area contributed by atoms with Crippen LogP contribution in [0.3, 0.4) is 0 Å². The summed E-state index contributed by atoms with van der Waals surface area (Å²) in [5.74, 6) is 0.717. The molecule has 0 amide bonds. The van der Waals surface area contributed by atoms with Crippen LogP contribution in [0.15, 0.2) is 87.6 Å². The second-order valence-corrected chi connectivity index (χ2v) is 8.37. The van der Waals surface area contributed by atoms with Crippen LogP contribution in [-0.4, -0.2) is 19.9 Å². The lowest BCUT2D eigenvalue weighted by molar-refractivity contribution is 0.488. The third-order valence-electron chi connectivity index (χ3n) is 4.27. The first kappa shape index (κ1) is 20.6. The lowest BCUT2D eigenvalue weighted by Crippen LogP contribution is -2.05. The topological polar surface area (TPSA) is 88.8 Å². The highest BCUT2D eigenvalue weighted by molar-refractivity contribution is 7.99. The molecule has 2 aromatic heterocycles. The summed E-state index contributed by atoms with van der Waals surface area (Å²) in [6, 6.07) is 22.0. The van der Waals surface area contributed by atoms with Crippen LogP contribution in [0.4, 0.5) is 23.3 Å². The Morgan fingerprint density at radius 2 is 1.22 bits per heavy atom. The highest BCUT2D eigenvalue weighted by Gasteiger charge is 2.13. The Labute approximate surface area is 197 Å². The smallest absolute Gasteiger partial charge is 0.264 e. The van der Waals surface area contributed by atoms with Crippen LogP contribution in [-0.2, 0) is 0 Å². The molecule has 0 saturated heterocycles. The van der Waals surface area contributed by atoms with Gasteiger partial charge in [-0.05, 0) is 60.7 Å². The van der Waals surface area contributed by atoms with E-state index in [1.165, 1.54) is 11.8 Å². The van der Waals surface area contributed by atoms with E-state index < -0.39 is 0 Å². The fourth-order valence-corrected chi connectivity index (χ4v) is 3.76. The van der Waals surface area contributed by atoms with Gasteiger partial charge in [-0.2, -0.15) is 15.0 Å². The van der Waals surface area contributed by atoms with Crippen molar-refractivity contribution < 1.29 is 4.42 Å². The standard InChI is InChI=1S/C22H14Cl2N6OS/c23-13-5-9-15(10-6-13)25-19-28-20(26-16-11-7-14(24)8-12-16)30-21(29-19)32-22-27-17-3-1-2-4-18(17)31-22/h1-12H,(H2,25,26,28,29,30). The van der Waals surface area contributed by atoms with Crippen molar-refractivity contribution in [1.82, 2.24) is 19.9 Å². The Morgan fingerprint density at radius 3 is 1.78 bits per heavy atom. The Balaban J connectivity index is 1.47. The average molecular weight is 481 g/mol. The molecule has 2 N–H and O–H groups in total. The highest BCUT2D eigenvalue weighted by atomic mass is 35.5. The zero-order chi connectivity index (χ0) is 21.9. The predicted molar refractivity (Wildman–Crippen MR) is 127 cm³/mol. The van der Waals surface area contributed by atoms with Gasteiger partial charge >= 0.3 is 0 Å². The molecule has 5 aromatic rings. The third-order valence-corrected chi connectivity index (χ3v) is 5.49. The molecule has 0 unspecified atom stereocenters. The van der Waals surface area contributed by atoms with E-state index in [4.69, 9.17) is 27.6 Å². The Kier molecular flexibility index (Phi) is 5.81. The quantitative estimate of drug-likeness (QED) is 0.269. The normalized spacial score (nSPS) is 10.9. The van der Waals surface area contributed by atoms with Crippen molar-refractivity contribution in [2.75, 3.05) is 10.6 Å². The van der Waals surface area contributed by atoms with E-state index in [1.807, 2.05) is 48.5 Å². The molecule has 0 fully saturated rings. The third kappa shape index (κ3) is 4.94. The van der Waals surface area contributed by atoms with Gasteiger partial charge < -0.3 is 15.1 Å². The van der Waals surface area contributed by atoms with E-state index in [0.717, 1.165) is 16.9 Å². The summed E-state index contributed by atoms with van der Waals surface area (Å²) in [6.07, 6.45) is 0. The molecule has 5 rings (SSSR count). The number of rotatable bonds is 6. The van der Waals surface area contributed by atoms with Gasteiger partial charge in [0.05, 0.1) is 0 Å². The minimum atomic E-state index is 0.359. The molecule has 0 aliphatic rings. The molecule has 0 spiro atoms. The van der Waals surface area contributed by atoms with Gasteiger partial charge in [-0.25, -0.2) is 4.98 Å². The Morgan fingerprint density at radius 1 is 0.656 bits per heavy atom. The summed E-state index contributed by atoms with van der Waals surface area (Å²) < 4.78 is 5.80. The summed E-state index contributed by atoms with van der Waals surface area (Å²) in [5, 5.41) is 8.48. The van der Waals surface area contributed by atoms with Crippen molar-refractivity contribution in [2.45, 2.75) is 10.4 Å². The lowest BCUT2D eigenvalue weighted by atomic mass is 10.3. The van der Waals surface area contributed by atoms with Crippen molar-refractivity contribution in [2.24, 2.45) is 0 Å². The van der Waals surface area contributed by atoms with Crippen LogP contribution >= 0.6 is 35.0 Å². The average Bonchev–Trinajstić information content (AvgIpc) is 3.19. The van der Waals surface area contributed by atoms with E-state index >= 15 is 0 Å². The summed E-state index contributed by atoms with van der Waals surface area (Å²) in [5.41, 5.74) is 3.04. The maximum Gasteiger partial charge on any atom is 0.264 e. The lowest BCUT2D eigenvalue weighted by Gasteiger charge is -2.10. The second-order valence-electron chi connectivity index (χ2n) is 6.58. The first-order valence-electron chi connectivity index (χ1n) is 9.45. The summed E-state index contributed by atoms with van der Waals surface area (Å²) in [6.45, 7) is 0. The van der Waals surface area contributed by atoms with Gasteiger partial charge in [0.2, 0.25) is 17.1 Å². The zero-order valence-corrected chi connectivity index (χ0v) is 18.6. The van der Waals surface area contributed by atoms with Crippen molar-refractivity contribution >= 4 is 69.3 Å². The van der Waals surface area contributed by atoms with Crippen LogP contribution in [0.1, 0.15) is 0 Å². The summed E-state index contributed by atoms with van der Waals surface area (Å²) in [7, 11) is 0. The van der Waals surface area contributed by atoms with Crippen molar-refractivity contribution in [1.29, 1.82) is 0 Å². The van der Waals surface area contributed by atoms with Gasteiger partial charge in [-0.1, -0.05) is 35.3 Å². The highest BCUT2D eigenvalue weighted by Crippen LogP contribution is 2.29. The first-order chi connectivity index (χ1) is 15.6. The minimum Gasteiger partial charge on any atom is -0.431 e. The Hall–Kier alpha value is -3.33. The van der Waals surface area contributed by atoms with E-state index in [2.05, 4.69) is 30.6 Å². The number of para-hydroxylation sites is 2. The number of halogens is 2. The Bertz CT molecular complexity index is 1280. The van der Waals surface area contributed by atoms with Gasteiger partial charge in [0.15, 0.2) is 5.58 Å². The molecule has 0 aliphatic carbocycles. The molecule has 158 valence electrons.